The first kappa shape index (κ1) is 21.5. The molecule has 3 aliphatic rings. The second kappa shape index (κ2) is 9.07. The van der Waals surface area contributed by atoms with E-state index in [1.807, 2.05) is 0 Å². The molecule has 0 bridgehead atoms. The molecule has 27 heavy (non-hydrogen) atoms. The Balaban J connectivity index is 1.51. The highest BCUT2D eigenvalue weighted by molar-refractivity contribution is 4.89. The van der Waals surface area contributed by atoms with Crippen LogP contribution >= 0.6 is 0 Å². The van der Waals surface area contributed by atoms with Crippen LogP contribution in [-0.2, 0) is 4.74 Å². The smallest absolute Gasteiger partial charge is 0.358 e. The highest BCUT2D eigenvalue weighted by Gasteiger charge is 2.46. The number of aliphatic hydroxyl groups is 1. The van der Waals surface area contributed by atoms with Crippen LogP contribution in [0.3, 0.4) is 0 Å². The van der Waals surface area contributed by atoms with Crippen molar-refractivity contribution in [1.29, 1.82) is 0 Å². The molecule has 3 fully saturated rings. The van der Waals surface area contributed by atoms with Crippen molar-refractivity contribution in [3.8, 4) is 0 Å². The lowest BCUT2D eigenvalue weighted by Gasteiger charge is -2.45. The van der Waals surface area contributed by atoms with Gasteiger partial charge < -0.3 is 9.84 Å². The summed E-state index contributed by atoms with van der Waals surface area (Å²) in [6.07, 6.45) is 5.76. The molecule has 6 unspecified atom stereocenters. The number of rotatable bonds is 5. The van der Waals surface area contributed by atoms with Crippen molar-refractivity contribution in [3.05, 3.63) is 0 Å². The fourth-order valence-corrected chi connectivity index (χ4v) is 6.36. The van der Waals surface area contributed by atoms with E-state index in [-0.39, 0.29) is 6.10 Å². The maximum atomic E-state index is 14.7. The number of aliphatic hydroxyl groups excluding tert-OH is 1. The molecule has 0 aromatic heterocycles. The fraction of sp³-hybridized carbons (Fsp3) is 1.00. The third-order valence-corrected chi connectivity index (χ3v) is 8.15. The van der Waals surface area contributed by atoms with Gasteiger partial charge in [-0.25, -0.2) is 0 Å². The molecule has 0 aromatic rings. The summed E-state index contributed by atoms with van der Waals surface area (Å²) in [5, 5.41) is 9.43. The second-order valence-corrected chi connectivity index (χ2v) is 10.2. The van der Waals surface area contributed by atoms with Gasteiger partial charge >= 0.3 is 6.11 Å². The van der Waals surface area contributed by atoms with Gasteiger partial charge in [0.1, 0.15) is 0 Å². The average molecular weight is 387 g/mol. The molecule has 0 aromatic carbocycles. The van der Waals surface area contributed by atoms with Crippen molar-refractivity contribution in [3.63, 3.8) is 0 Å². The first-order valence-electron chi connectivity index (χ1n) is 11.5. The average Bonchev–Trinajstić information content (AvgIpc) is 2.62. The lowest BCUT2D eigenvalue weighted by atomic mass is 9.63. The molecule has 0 amide bonds. The molecule has 158 valence electrons. The molecule has 4 heteroatoms. The minimum Gasteiger partial charge on any atom is -0.396 e. The third-order valence-electron chi connectivity index (χ3n) is 8.15. The summed E-state index contributed by atoms with van der Waals surface area (Å²) < 4.78 is 34.9. The molecule has 0 radical (unpaired) electrons. The Hall–Kier alpha value is -0.220. The standard InChI is InChI=1S/C23H40F2O2/c1-15-4-7-19(8-5-15)23(24,25)27-20-9-11-22(17(3)13-20)21-10-6-18(14-26)12-16(21)2/h15-22,26H,4-14H2,1-3H3. The lowest BCUT2D eigenvalue weighted by Crippen LogP contribution is -2.42. The monoisotopic (exact) mass is 386 g/mol. The summed E-state index contributed by atoms with van der Waals surface area (Å²) in [6, 6.07) is 0. The van der Waals surface area contributed by atoms with E-state index < -0.39 is 12.0 Å². The van der Waals surface area contributed by atoms with E-state index in [4.69, 9.17) is 4.74 Å². The highest BCUT2D eigenvalue weighted by atomic mass is 19.3. The van der Waals surface area contributed by atoms with Gasteiger partial charge in [0.15, 0.2) is 0 Å². The maximum absolute atomic E-state index is 14.7. The Morgan fingerprint density at radius 1 is 0.815 bits per heavy atom. The summed E-state index contributed by atoms with van der Waals surface area (Å²) in [7, 11) is 0. The van der Waals surface area contributed by atoms with Gasteiger partial charge in [-0.2, -0.15) is 8.78 Å². The van der Waals surface area contributed by atoms with Gasteiger partial charge in [0.05, 0.1) is 12.0 Å². The molecule has 3 rings (SSSR count). The topological polar surface area (TPSA) is 29.5 Å². The minimum absolute atomic E-state index is 0.283. The van der Waals surface area contributed by atoms with E-state index >= 15 is 0 Å². The largest absolute Gasteiger partial charge is 0.396 e. The van der Waals surface area contributed by atoms with Gasteiger partial charge in [-0.15, -0.1) is 0 Å². The van der Waals surface area contributed by atoms with Crippen molar-refractivity contribution >= 4 is 0 Å². The Labute approximate surface area is 164 Å². The molecule has 0 aliphatic heterocycles. The Morgan fingerprint density at radius 3 is 1.96 bits per heavy atom. The van der Waals surface area contributed by atoms with Crippen LogP contribution in [0, 0.1) is 41.4 Å². The summed E-state index contributed by atoms with van der Waals surface area (Å²) in [5.74, 6) is 2.84. The lowest BCUT2D eigenvalue weighted by molar-refractivity contribution is -0.304. The number of alkyl halides is 2. The molecule has 6 atom stereocenters. The molecule has 3 saturated carbocycles. The van der Waals surface area contributed by atoms with E-state index in [1.54, 1.807) is 0 Å². The second-order valence-electron chi connectivity index (χ2n) is 10.2. The van der Waals surface area contributed by atoms with Crippen molar-refractivity contribution in [2.45, 2.75) is 97.2 Å². The highest BCUT2D eigenvalue weighted by Crippen LogP contribution is 2.47. The number of ether oxygens (including phenoxy) is 1. The van der Waals surface area contributed by atoms with Gasteiger partial charge in [-0.1, -0.05) is 33.6 Å². The van der Waals surface area contributed by atoms with E-state index in [2.05, 4.69) is 20.8 Å². The van der Waals surface area contributed by atoms with E-state index in [9.17, 15) is 13.9 Å². The SMILES string of the molecule is CC1CCC(C(F)(F)OC2CCC(C3CCC(CO)CC3C)C(C)C2)CC1. The predicted molar refractivity (Wildman–Crippen MR) is 105 cm³/mol. The Kier molecular flexibility index (Phi) is 7.22. The zero-order chi connectivity index (χ0) is 19.6. The number of hydrogen-bond donors (Lipinski definition) is 1. The molecule has 0 spiro atoms. The first-order chi connectivity index (χ1) is 12.8. The Bertz CT molecular complexity index is 461. The van der Waals surface area contributed by atoms with Crippen LogP contribution < -0.4 is 0 Å². The predicted octanol–water partition coefficient (Wildman–Crippen LogP) is 6.27. The summed E-state index contributed by atoms with van der Waals surface area (Å²) in [4.78, 5) is 0. The van der Waals surface area contributed by atoms with Crippen molar-refractivity contribution in [1.82, 2.24) is 0 Å². The van der Waals surface area contributed by atoms with Crippen LogP contribution in [0.1, 0.15) is 85.0 Å². The van der Waals surface area contributed by atoms with Gasteiger partial charge in [-0.05, 0) is 86.9 Å². The van der Waals surface area contributed by atoms with Gasteiger partial charge in [0.25, 0.3) is 0 Å². The van der Waals surface area contributed by atoms with Crippen LogP contribution in [0.15, 0.2) is 0 Å². The van der Waals surface area contributed by atoms with Crippen LogP contribution in [0.4, 0.5) is 8.78 Å². The number of hydrogen-bond acceptors (Lipinski definition) is 2. The van der Waals surface area contributed by atoms with E-state index in [0.29, 0.717) is 55.0 Å². The van der Waals surface area contributed by atoms with Crippen LogP contribution in [0.5, 0.6) is 0 Å². The molecule has 3 aliphatic carbocycles. The van der Waals surface area contributed by atoms with Gasteiger partial charge in [-0.3, -0.25) is 0 Å². The maximum Gasteiger partial charge on any atom is 0.358 e. The molecule has 0 heterocycles. The normalized spacial score (nSPS) is 44.2. The summed E-state index contributed by atoms with van der Waals surface area (Å²) in [5.41, 5.74) is 0. The fourth-order valence-electron chi connectivity index (χ4n) is 6.36. The molecule has 1 N–H and O–H groups in total. The van der Waals surface area contributed by atoms with Crippen molar-refractivity contribution in [2.75, 3.05) is 6.61 Å². The molecular weight excluding hydrogens is 346 g/mol. The van der Waals surface area contributed by atoms with Crippen molar-refractivity contribution in [2.24, 2.45) is 41.4 Å². The minimum atomic E-state index is -2.95. The summed E-state index contributed by atoms with van der Waals surface area (Å²) >= 11 is 0. The molecule has 0 saturated heterocycles. The van der Waals surface area contributed by atoms with Crippen LogP contribution in [-0.4, -0.2) is 23.9 Å². The van der Waals surface area contributed by atoms with Gasteiger partial charge in [0.2, 0.25) is 0 Å². The quantitative estimate of drug-likeness (QED) is 0.603. The number of halogens is 2. The zero-order valence-electron chi connectivity index (χ0n) is 17.5. The molecule has 2 nitrogen and oxygen atoms in total. The molecular formula is C23H40F2O2. The third kappa shape index (κ3) is 5.23. The van der Waals surface area contributed by atoms with Gasteiger partial charge in [0, 0.05) is 6.61 Å². The van der Waals surface area contributed by atoms with Crippen molar-refractivity contribution < 1.29 is 18.6 Å². The van der Waals surface area contributed by atoms with Crippen LogP contribution in [0.2, 0.25) is 0 Å². The van der Waals surface area contributed by atoms with Crippen LogP contribution in [0.25, 0.3) is 0 Å². The summed E-state index contributed by atoms with van der Waals surface area (Å²) in [6.45, 7) is 7.03. The van der Waals surface area contributed by atoms with E-state index in [0.717, 1.165) is 44.9 Å². The first-order valence-corrected chi connectivity index (χ1v) is 11.5. The Morgan fingerprint density at radius 2 is 1.41 bits per heavy atom. The van der Waals surface area contributed by atoms with E-state index in [1.165, 1.54) is 6.42 Å². The zero-order valence-corrected chi connectivity index (χ0v) is 17.5.